The van der Waals surface area contributed by atoms with Crippen molar-refractivity contribution in [3.05, 3.63) is 70.7 Å². The highest BCUT2D eigenvalue weighted by molar-refractivity contribution is 7.13. The van der Waals surface area contributed by atoms with Gasteiger partial charge in [0.2, 0.25) is 0 Å². The Labute approximate surface area is 176 Å². The lowest BCUT2D eigenvalue weighted by Gasteiger charge is -2.12. The summed E-state index contributed by atoms with van der Waals surface area (Å²) in [7, 11) is 1.60. The zero-order valence-corrected chi connectivity index (χ0v) is 17.0. The molecule has 0 spiro atoms. The van der Waals surface area contributed by atoms with E-state index >= 15 is 0 Å². The van der Waals surface area contributed by atoms with Gasteiger partial charge in [0.15, 0.2) is 0 Å². The molecule has 8 heteroatoms. The second-order valence-corrected chi connectivity index (χ2v) is 7.45. The number of carbonyl (C=O) groups excluding carboxylic acids is 3. The van der Waals surface area contributed by atoms with E-state index in [1.807, 2.05) is 29.6 Å². The third-order valence-corrected chi connectivity index (χ3v) is 5.61. The summed E-state index contributed by atoms with van der Waals surface area (Å²) in [6.45, 7) is 0.0126. The second kappa shape index (κ2) is 8.46. The van der Waals surface area contributed by atoms with Crippen LogP contribution in [0, 0.1) is 0 Å². The van der Waals surface area contributed by atoms with Gasteiger partial charge in [-0.2, -0.15) is 0 Å². The van der Waals surface area contributed by atoms with Crippen LogP contribution in [0.1, 0.15) is 32.8 Å². The number of methoxy groups -OCH3 is 1. The molecule has 1 aliphatic rings. The van der Waals surface area contributed by atoms with Crippen molar-refractivity contribution in [3.63, 3.8) is 0 Å². The van der Waals surface area contributed by atoms with Gasteiger partial charge >= 0.3 is 5.97 Å². The van der Waals surface area contributed by atoms with Gasteiger partial charge in [0, 0.05) is 17.5 Å². The fourth-order valence-electron chi connectivity index (χ4n) is 3.13. The van der Waals surface area contributed by atoms with Crippen LogP contribution in [-0.2, 0) is 16.1 Å². The van der Waals surface area contributed by atoms with Crippen molar-refractivity contribution in [1.29, 1.82) is 0 Å². The molecule has 7 nitrogen and oxygen atoms in total. The molecule has 1 aromatic heterocycles. The zero-order chi connectivity index (χ0) is 21.1. The van der Waals surface area contributed by atoms with Gasteiger partial charge in [-0.25, -0.2) is 4.98 Å². The SMILES string of the molecule is COc1cccc(-c2nc(COC(=O)CCN3C(=O)c4ccccc4C3=O)cs2)c1. The highest BCUT2D eigenvalue weighted by Crippen LogP contribution is 2.27. The summed E-state index contributed by atoms with van der Waals surface area (Å²) < 4.78 is 10.5. The van der Waals surface area contributed by atoms with E-state index < -0.39 is 5.97 Å². The fourth-order valence-corrected chi connectivity index (χ4v) is 3.94. The number of aromatic nitrogens is 1. The lowest BCUT2D eigenvalue weighted by Crippen LogP contribution is -2.32. The predicted octanol–water partition coefficient (Wildman–Crippen LogP) is 3.55. The Morgan fingerprint density at radius 2 is 1.80 bits per heavy atom. The molecule has 1 aliphatic heterocycles. The number of hydrogen-bond donors (Lipinski definition) is 0. The molecule has 0 unspecified atom stereocenters. The van der Waals surface area contributed by atoms with E-state index in [1.165, 1.54) is 11.3 Å². The Balaban J connectivity index is 1.30. The van der Waals surface area contributed by atoms with Crippen LogP contribution >= 0.6 is 11.3 Å². The first kappa shape index (κ1) is 19.8. The van der Waals surface area contributed by atoms with E-state index in [2.05, 4.69) is 4.98 Å². The van der Waals surface area contributed by atoms with Gasteiger partial charge in [-0.15, -0.1) is 11.3 Å². The monoisotopic (exact) mass is 422 g/mol. The molecule has 2 aromatic carbocycles. The lowest BCUT2D eigenvalue weighted by molar-refractivity contribution is -0.145. The first-order valence-electron chi connectivity index (χ1n) is 9.26. The van der Waals surface area contributed by atoms with Crippen LogP contribution in [0.2, 0.25) is 0 Å². The summed E-state index contributed by atoms with van der Waals surface area (Å²) in [5.41, 5.74) is 2.28. The average molecular weight is 422 g/mol. The summed E-state index contributed by atoms with van der Waals surface area (Å²) in [4.78, 5) is 42.3. The maximum Gasteiger partial charge on any atom is 0.307 e. The molecule has 2 heterocycles. The minimum absolute atomic E-state index is 0.0166. The van der Waals surface area contributed by atoms with Crippen molar-refractivity contribution in [2.45, 2.75) is 13.0 Å². The average Bonchev–Trinajstić information content (AvgIpc) is 3.35. The summed E-state index contributed by atoms with van der Waals surface area (Å²) in [5.74, 6) is -0.525. The van der Waals surface area contributed by atoms with Gasteiger partial charge in [0.05, 0.1) is 30.4 Å². The third-order valence-electron chi connectivity index (χ3n) is 4.67. The number of benzene rings is 2. The molecule has 30 heavy (non-hydrogen) atoms. The van der Waals surface area contributed by atoms with Crippen LogP contribution in [0.5, 0.6) is 5.75 Å². The minimum atomic E-state index is -0.498. The van der Waals surface area contributed by atoms with Crippen molar-refractivity contribution >= 4 is 29.1 Å². The lowest BCUT2D eigenvalue weighted by atomic mass is 10.1. The summed E-state index contributed by atoms with van der Waals surface area (Å²) >= 11 is 1.45. The molecule has 0 saturated carbocycles. The number of nitrogens with zero attached hydrogens (tertiary/aromatic N) is 2. The molecule has 0 fully saturated rings. The number of fused-ring (bicyclic) bond motifs is 1. The number of amides is 2. The van der Waals surface area contributed by atoms with Crippen LogP contribution in [-0.4, -0.2) is 41.3 Å². The number of carbonyl (C=O) groups is 3. The number of thiazole rings is 1. The van der Waals surface area contributed by atoms with Crippen LogP contribution in [0.3, 0.4) is 0 Å². The largest absolute Gasteiger partial charge is 0.497 e. The number of esters is 1. The molecular formula is C22H18N2O5S. The molecule has 3 aromatic rings. The van der Waals surface area contributed by atoms with E-state index in [0.29, 0.717) is 16.8 Å². The second-order valence-electron chi connectivity index (χ2n) is 6.59. The van der Waals surface area contributed by atoms with Crippen molar-refractivity contribution in [1.82, 2.24) is 9.88 Å². The Morgan fingerprint density at radius 3 is 2.50 bits per heavy atom. The van der Waals surface area contributed by atoms with Gasteiger partial charge in [0.25, 0.3) is 11.8 Å². The van der Waals surface area contributed by atoms with Gasteiger partial charge in [-0.05, 0) is 24.3 Å². The quantitative estimate of drug-likeness (QED) is 0.428. The molecule has 0 bridgehead atoms. The highest BCUT2D eigenvalue weighted by atomic mass is 32.1. The van der Waals surface area contributed by atoms with Gasteiger partial charge < -0.3 is 9.47 Å². The number of imide groups is 1. The van der Waals surface area contributed by atoms with Gasteiger partial charge in [-0.1, -0.05) is 24.3 Å². The maximum atomic E-state index is 12.3. The minimum Gasteiger partial charge on any atom is -0.497 e. The molecule has 0 saturated heterocycles. The Morgan fingerprint density at radius 1 is 1.07 bits per heavy atom. The molecule has 0 aliphatic carbocycles. The van der Waals surface area contributed by atoms with E-state index in [9.17, 15) is 14.4 Å². The summed E-state index contributed by atoms with van der Waals surface area (Å²) in [6.07, 6.45) is -0.0711. The van der Waals surface area contributed by atoms with Crippen LogP contribution in [0.4, 0.5) is 0 Å². The van der Waals surface area contributed by atoms with Crippen molar-refractivity contribution < 1.29 is 23.9 Å². The molecule has 0 atom stereocenters. The van der Waals surface area contributed by atoms with E-state index in [4.69, 9.17) is 9.47 Å². The Kier molecular flexibility index (Phi) is 5.58. The van der Waals surface area contributed by atoms with E-state index in [0.717, 1.165) is 21.2 Å². The fraction of sp³-hybridized carbons (Fsp3) is 0.182. The number of hydrogen-bond acceptors (Lipinski definition) is 7. The first-order chi connectivity index (χ1) is 14.6. The zero-order valence-electron chi connectivity index (χ0n) is 16.2. The Bertz CT molecular complexity index is 1090. The van der Waals surface area contributed by atoms with Crippen LogP contribution in [0.25, 0.3) is 10.6 Å². The predicted molar refractivity (Wildman–Crippen MR) is 110 cm³/mol. The Hall–Kier alpha value is -3.52. The maximum absolute atomic E-state index is 12.3. The molecule has 0 N–H and O–H groups in total. The molecule has 152 valence electrons. The highest BCUT2D eigenvalue weighted by Gasteiger charge is 2.35. The normalized spacial score (nSPS) is 12.8. The molecular weight excluding hydrogens is 404 g/mol. The molecule has 2 amide bonds. The van der Waals surface area contributed by atoms with Crippen LogP contribution < -0.4 is 4.74 Å². The van der Waals surface area contributed by atoms with E-state index in [1.54, 1.807) is 31.4 Å². The smallest absolute Gasteiger partial charge is 0.307 e. The summed E-state index contributed by atoms with van der Waals surface area (Å²) in [5, 5.41) is 2.62. The van der Waals surface area contributed by atoms with E-state index in [-0.39, 0.29) is 31.4 Å². The molecule has 4 rings (SSSR count). The van der Waals surface area contributed by atoms with Crippen molar-refractivity contribution in [2.75, 3.05) is 13.7 Å². The van der Waals surface area contributed by atoms with Crippen molar-refractivity contribution in [2.24, 2.45) is 0 Å². The van der Waals surface area contributed by atoms with Gasteiger partial charge in [0.1, 0.15) is 17.4 Å². The summed E-state index contributed by atoms with van der Waals surface area (Å²) in [6, 6.07) is 14.2. The number of ether oxygens (including phenoxy) is 2. The van der Waals surface area contributed by atoms with Crippen molar-refractivity contribution in [3.8, 4) is 16.3 Å². The first-order valence-corrected chi connectivity index (χ1v) is 10.1. The third kappa shape index (κ3) is 3.95. The topological polar surface area (TPSA) is 85.8 Å². The van der Waals surface area contributed by atoms with Crippen LogP contribution in [0.15, 0.2) is 53.9 Å². The standard InChI is InChI=1S/C22H18N2O5S/c1-28-16-6-4-5-14(11-16)20-23-15(13-30-20)12-29-19(25)9-10-24-21(26)17-7-2-3-8-18(17)22(24)27/h2-8,11,13H,9-10,12H2,1H3. The van der Waals surface area contributed by atoms with Gasteiger partial charge in [-0.3, -0.25) is 19.3 Å². The molecule has 0 radical (unpaired) electrons. The number of rotatable bonds is 7.